The summed E-state index contributed by atoms with van der Waals surface area (Å²) in [6.45, 7) is 4.36. The van der Waals surface area contributed by atoms with Gasteiger partial charge in [-0.25, -0.2) is 10.8 Å². The largest absolute Gasteiger partial charge is 0.396 e. The molecule has 1 rings (SSSR count). The van der Waals surface area contributed by atoms with Crippen LogP contribution in [0.15, 0.2) is 12.1 Å². The van der Waals surface area contributed by atoms with Gasteiger partial charge in [-0.3, -0.25) is 10.1 Å². The van der Waals surface area contributed by atoms with Gasteiger partial charge >= 0.3 is 5.69 Å². The Hall–Kier alpha value is -1.93. The molecule has 20 heavy (non-hydrogen) atoms. The van der Waals surface area contributed by atoms with E-state index in [1.165, 1.54) is 12.1 Å². The van der Waals surface area contributed by atoms with Crippen molar-refractivity contribution in [2.24, 2.45) is 11.3 Å². The van der Waals surface area contributed by atoms with Gasteiger partial charge in [0, 0.05) is 18.0 Å². The van der Waals surface area contributed by atoms with Crippen molar-refractivity contribution in [2.75, 3.05) is 23.9 Å². The van der Waals surface area contributed by atoms with Crippen molar-refractivity contribution in [3.8, 4) is 0 Å². The number of pyridine rings is 1. The van der Waals surface area contributed by atoms with Crippen LogP contribution in [-0.4, -0.2) is 28.2 Å². The van der Waals surface area contributed by atoms with Crippen LogP contribution in [0.2, 0.25) is 0 Å². The van der Waals surface area contributed by atoms with Gasteiger partial charge in [-0.2, -0.15) is 0 Å². The summed E-state index contributed by atoms with van der Waals surface area (Å²) in [5.41, 5.74) is 1.91. The predicted octanol–water partition coefficient (Wildman–Crippen LogP) is 1.49. The molecule has 112 valence electrons. The molecule has 0 aromatic carbocycles. The van der Waals surface area contributed by atoms with Gasteiger partial charge in [0.1, 0.15) is 5.82 Å². The maximum Gasteiger partial charge on any atom is 0.311 e. The first kappa shape index (κ1) is 16.1. The number of aliphatic hydroxyl groups excluding tert-OH is 1. The molecule has 1 aromatic heterocycles. The number of nitrogens with one attached hydrogen (secondary N) is 2. The van der Waals surface area contributed by atoms with Gasteiger partial charge in [-0.1, -0.05) is 13.8 Å². The minimum absolute atomic E-state index is 0.00955. The molecule has 8 nitrogen and oxygen atoms in total. The van der Waals surface area contributed by atoms with E-state index in [0.29, 0.717) is 12.4 Å². The van der Waals surface area contributed by atoms with E-state index in [2.05, 4.69) is 15.7 Å². The Labute approximate surface area is 117 Å². The standard InChI is InChI=1S/C12H21N5O3/c1-3-12(4-2,8-18)7-14-11-9(17(19)20)5-6-10(15-11)16-13/h5-6,18H,3-4,7-8,13H2,1-2H3,(H2,14,15,16). The quantitative estimate of drug-likeness (QED) is 0.323. The second-order valence-electron chi connectivity index (χ2n) is 4.68. The highest BCUT2D eigenvalue weighted by Gasteiger charge is 2.26. The lowest BCUT2D eigenvalue weighted by Gasteiger charge is -2.29. The molecule has 1 aromatic rings. The van der Waals surface area contributed by atoms with Crippen LogP contribution >= 0.6 is 0 Å². The molecule has 0 amide bonds. The van der Waals surface area contributed by atoms with Gasteiger partial charge in [0.05, 0.1) is 11.5 Å². The van der Waals surface area contributed by atoms with E-state index in [-0.39, 0.29) is 23.5 Å². The molecule has 0 spiro atoms. The van der Waals surface area contributed by atoms with Crippen LogP contribution in [0.25, 0.3) is 0 Å². The maximum absolute atomic E-state index is 11.0. The molecule has 0 unspecified atom stereocenters. The Morgan fingerprint density at radius 2 is 2.10 bits per heavy atom. The Balaban J connectivity index is 2.98. The van der Waals surface area contributed by atoms with Crippen LogP contribution in [0, 0.1) is 15.5 Å². The average Bonchev–Trinajstić information content (AvgIpc) is 2.48. The molecule has 0 fully saturated rings. The highest BCUT2D eigenvalue weighted by molar-refractivity contribution is 5.60. The van der Waals surface area contributed by atoms with E-state index in [1.54, 1.807) is 0 Å². The lowest BCUT2D eigenvalue weighted by Crippen LogP contribution is -2.32. The molecular formula is C12H21N5O3. The average molecular weight is 283 g/mol. The third kappa shape index (κ3) is 3.55. The molecule has 0 aliphatic rings. The van der Waals surface area contributed by atoms with Gasteiger partial charge in [-0.15, -0.1) is 0 Å². The van der Waals surface area contributed by atoms with Crippen molar-refractivity contribution in [2.45, 2.75) is 26.7 Å². The minimum Gasteiger partial charge on any atom is -0.396 e. The minimum atomic E-state index is -0.506. The molecule has 0 atom stereocenters. The molecule has 0 bridgehead atoms. The predicted molar refractivity (Wildman–Crippen MR) is 77.3 cm³/mol. The molecule has 0 saturated carbocycles. The van der Waals surface area contributed by atoms with Gasteiger partial charge in [0.25, 0.3) is 0 Å². The first-order valence-corrected chi connectivity index (χ1v) is 6.48. The topological polar surface area (TPSA) is 126 Å². The number of nitrogen functional groups attached to an aromatic ring is 1. The van der Waals surface area contributed by atoms with Crippen LogP contribution in [0.3, 0.4) is 0 Å². The zero-order valence-corrected chi connectivity index (χ0v) is 11.7. The number of aliphatic hydroxyl groups is 1. The van der Waals surface area contributed by atoms with Crippen LogP contribution in [-0.2, 0) is 0 Å². The molecule has 5 N–H and O–H groups in total. The summed E-state index contributed by atoms with van der Waals surface area (Å²) in [6, 6.07) is 2.77. The van der Waals surface area contributed by atoms with E-state index in [0.717, 1.165) is 12.8 Å². The van der Waals surface area contributed by atoms with Crippen molar-refractivity contribution in [3.05, 3.63) is 22.2 Å². The first-order valence-electron chi connectivity index (χ1n) is 6.48. The van der Waals surface area contributed by atoms with Gasteiger partial charge in [0.15, 0.2) is 0 Å². The molecule has 1 heterocycles. The highest BCUT2D eigenvalue weighted by atomic mass is 16.6. The summed E-state index contributed by atoms with van der Waals surface area (Å²) in [4.78, 5) is 14.5. The molecule has 0 aliphatic heterocycles. The molecule has 8 heteroatoms. The van der Waals surface area contributed by atoms with Crippen molar-refractivity contribution in [1.29, 1.82) is 0 Å². The van der Waals surface area contributed by atoms with E-state index in [4.69, 9.17) is 5.84 Å². The summed E-state index contributed by atoms with van der Waals surface area (Å²) < 4.78 is 0. The number of hydrogen-bond donors (Lipinski definition) is 4. The number of rotatable bonds is 8. The normalized spacial score (nSPS) is 11.2. The van der Waals surface area contributed by atoms with Crippen LogP contribution in [0.4, 0.5) is 17.3 Å². The van der Waals surface area contributed by atoms with Gasteiger partial charge < -0.3 is 15.8 Å². The van der Waals surface area contributed by atoms with Crippen molar-refractivity contribution < 1.29 is 10.0 Å². The number of nitrogens with zero attached hydrogens (tertiary/aromatic N) is 2. The SMILES string of the molecule is CCC(CC)(CO)CNc1nc(NN)ccc1[N+](=O)[O-]. The lowest BCUT2D eigenvalue weighted by atomic mass is 9.83. The highest BCUT2D eigenvalue weighted by Crippen LogP contribution is 2.29. The summed E-state index contributed by atoms with van der Waals surface area (Å²) >= 11 is 0. The third-order valence-corrected chi connectivity index (χ3v) is 3.68. The first-order chi connectivity index (χ1) is 9.51. The summed E-state index contributed by atoms with van der Waals surface area (Å²) in [6.07, 6.45) is 1.52. The lowest BCUT2D eigenvalue weighted by molar-refractivity contribution is -0.384. The molecular weight excluding hydrogens is 262 g/mol. The molecule has 0 saturated heterocycles. The van der Waals surface area contributed by atoms with Crippen LogP contribution in [0.5, 0.6) is 0 Å². The van der Waals surface area contributed by atoms with E-state index in [9.17, 15) is 15.2 Å². The Morgan fingerprint density at radius 3 is 2.55 bits per heavy atom. The number of hydrazine groups is 1. The third-order valence-electron chi connectivity index (χ3n) is 3.68. The fourth-order valence-corrected chi connectivity index (χ4v) is 1.86. The van der Waals surface area contributed by atoms with E-state index in [1.807, 2.05) is 13.8 Å². The monoisotopic (exact) mass is 283 g/mol. The fraction of sp³-hybridized carbons (Fsp3) is 0.583. The Bertz CT molecular complexity index is 454. The Morgan fingerprint density at radius 1 is 1.45 bits per heavy atom. The smallest absolute Gasteiger partial charge is 0.311 e. The van der Waals surface area contributed by atoms with E-state index < -0.39 is 4.92 Å². The number of hydrogen-bond acceptors (Lipinski definition) is 7. The summed E-state index contributed by atoms with van der Waals surface area (Å²) in [5, 5.41) is 23.4. The molecule has 0 aliphatic carbocycles. The fourth-order valence-electron chi connectivity index (χ4n) is 1.86. The summed E-state index contributed by atoms with van der Waals surface area (Å²) in [5.74, 6) is 5.73. The zero-order valence-electron chi connectivity index (χ0n) is 11.7. The van der Waals surface area contributed by atoms with Gasteiger partial charge in [-0.05, 0) is 18.9 Å². The summed E-state index contributed by atoms with van der Waals surface area (Å²) in [7, 11) is 0. The van der Waals surface area contributed by atoms with Crippen LogP contribution < -0.4 is 16.6 Å². The van der Waals surface area contributed by atoms with Gasteiger partial charge in [0.2, 0.25) is 5.82 Å². The number of aromatic nitrogens is 1. The second-order valence-corrected chi connectivity index (χ2v) is 4.68. The maximum atomic E-state index is 11.0. The number of nitrogens with two attached hydrogens (primary N) is 1. The molecule has 0 radical (unpaired) electrons. The van der Waals surface area contributed by atoms with Crippen molar-refractivity contribution >= 4 is 17.3 Å². The number of anilines is 2. The van der Waals surface area contributed by atoms with Crippen LogP contribution in [0.1, 0.15) is 26.7 Å². The zero-order chi connectivity index (χ0) is 15.2. The van der Waals surface area contributed by atoms with Crippen molar-refractivity contribution in [1.82, 2.24) is 4.98 Å². The Kier molecular flexibility index (Phi) is 5.66. The second kappa shape index (κ2) is 7.01. The number of nitro groups is 1. The van der Waals surface area contributed by atoms with E-state index >= 15 is 0 Å². The van der Waals surface area contributed by atoms with Crippen molar-refractivity contribution in [3.63, 3.8) is 0 Å².